The molecule has 3 aliphatic rings. The van der Waals surface area contributed by atoms with Crippen molar-refractivity contribution in [2.45, 2.75) is 64.0 Å². The predicted octanol–water partition coefficient (Wildman–Crippen LogP) is 2.64. The molecule has 1 heterocycles. The van der Waals surface area contributed by atoms with E-state index in [1.807, 2.05) is 0 Å². The highest BCUT2D eigenvalue weighted by atomic mass is 15.2. The standard InChI is InChI=1S/C15H28N2/c1-14(2,12-5-6-12)17-10-4-9-16-15(3,11-17)13-7-8-13/h12-13,16H,4-11H2,1-3H3. The molecule has 98 valence electrons. The van der Waals surface area contributed by atoms with Crippen LogP contribution in [0.25, 0.3) is 0 Å². The minimum atomic E-state index is 0.392. The molecule has 3 rings (SSSR count). The van der Waals surface area contributed by atoms with Crippen molar-refractivity contribution in [3.8, 4) is 0 Å². The van der Waals surface area contributed by atoms with Crippen molar-refractivity contribution in [1.29, 1.82) is 0 Å². The fourth-order valence-corrected chi connectivity index (χ4v) is 3.71. The monoisotopic (exact) mass is 236 g/mol. The molecule has 1 unspecified atom stereocenters. The summed E-state index contributed by atoms with van der Waals surface area (Å²) >= 11 is 0. The molecule has 2 nitrogen and oxygen atoms in total. The highest BCUT2D eigenvalue weighted by Crippen LogP contribution is 2.46. The van der Waals surface area contributed by atoms with Crippen molar-refractivity contribution >= 4 is 0 Å². The fraction of sp³-hybridized carbons (Fsp3) is 1.00. The van der Waals surface area contributed by atoms with Crippen molar-refractivity contribution in [1.82, 2.24) is 10.2 Å². The van der Waals surface area contributed by atoms with Gasteiger partial charge in [-0.25, -0.2) is 0 Å². The smallest absolute Gasteiger partial charge is 0.0308 e. The van der Waals surface area contributed by atoms with E-state index in [9.17, 15) is 0 Å². The number of hydrogen-bond donors (Lipinski definition) is 1. The van der Waals surface area contributed by atoms with Gasteiger partial charge in [-0.15, -0.1) is 0 Å². The van der Waals surface area contributed by atoms with E-state index in [4.69, 9.17) is 0 Å². The Morgan fingerprint density at radius 2 is 1.88 bits per heavy atom. The summed E-state index contributed by atoms with van der Waals surface area (Å²) in [6, 6.07) is 0. The van der Waals surface area contributed by atoms with E-state index in [2.05, 4.69) is 31.0 Å². The molecule has 0 spiro atoms. The molecule has 1 N–H and O–H groups in total. The minimum Gasteiger partial charge on any atom is -0.310 e. The highest BCUT2D eigenvalue weighted by molar-refractivity contribution is 5.05. The fourth-order valence-electron chi connectivity index (χ4n) is 3.71. The Morgan fingerprint density at radius 1 is 1.18 bits per heavy atom. The zero-order chi connectivity index (χ0) is 12.1. The van der Waals surface area contributed by atoms with Crippen LogP contribution in [0, 0.1) is 11.8 Å². The van der Waals surface area contributed by atoms with Crippen LogP contribution in [0.4, 0.5) is 0 Å². The maximum Gasteiger partial charge on any atom is 0.0308 e. The third-order valence-corrected chi connectivity index (χ3v) is 5.52. The van der Waals surface area contributed by atoms with E-state index in [1.54, 1.807) is 0 Å². The lowest BCUT2D eigenvalue weighted by Crippen LogP contribution is -2.56. The lowest BCUT2D eigenvalue weighted by Gasteiger charge is -2.43. The zero-order valence-electron chi connectivity index (χ0n) is 11.8. The zero-order valence-corrected chi connectivity index (χ0v) is 11.8. The number of hydrogen-bond acceptors (Lipinski definition) is 2. The molecule has 1 saturated heterocycles. The maximum absolute atomic E-state index is 3.84. The van der Waals surface area contributed by atoms with Crippen LogP contribution in [0.3, 0.4) is 0 Å². The van der Waals surface area contributed by atoms with Crippen LogP contribution < -0.4 is 5.32 Å². The molecular weight excluding hydrogens is 208 g/mol. The van der Waals surface area contributed by atoms with Crippen LogP contribution in [0.5, 0.6) is 0 Å². The molecule has 0 aromatic carbocycles. The van der Waals surface area contributed by atoms with Crippen molar-refractivity contribution in [2.75, 3.05) is 19.6 Å². The van der Waals surface area contributed by atoms with Gasteiger partial charge < -0.3 is 5.32 Å². The van der Waals surface area contributed by atoms with Gasteiger partial charge in [0.1, 0.15) is 0 Å². The van der Waals surface area contributed by atoms with Crippen LogP contribution in [0.1, 0.15) is 52.9 Å². The molecular formula is C15H28N2. The Bertz CT molecular complexity index is 291. The Kier molecular flexibility index (Phi) is 2.79. The second-order valence-corrected chi connectivity index (χ2v) is 7.32. The van der Waals surface area contributed by atoms with Crippen LogP contribution in [-0.4, -0.2) is 35.6 Å². The lowest BCUT2D eigenvalue weighted by atomic mass is 9.90. The Labute approximate surface area is 106 Å². The van der Waals surface area contributed by atoms with Gasteiger partial charge in [0.15, 0.2) is 0 Å². The van der Waals surface area contributed by atoms with Crippen molar-refractivity contribution < 1.29 is 0 Å². The van der Waals surface area contributed by atoms with Crippen LogP contribution in [-0.2, 0) is 0 Å². The molecule has 17 heavy (non-hydrogen) atoms. The van der Waals surface area contributed by atoms with E-state index in [-0.39, 0.29) is 0 Å². The van der Waals surface area contributed by atoms with E-state index in [0.717, 1.165) is 11.8 Å². The summed E-state index contributed by atoms with van der Waals surface area (Å²) in [7, 11) is 0. The second-order valence-electron chi connectivity index (χ2n) is 7.32. The first kappa shape index (κ1) is 12.0. The van der Waals surface area contributed by atoms with Crippen molar-refractivity contribution in [3.63, 3.8) is 0 Å². The number of nitrogens with one attached hydrogen (secondary N) is 1. The van der Waals surface area contributed by atoms with Gasteiger partial charge in [0, 0.05) is 17.6 Å². The largest absolute Gasteiger partial charge is 0.310 e. The Balaban J connectivity index is 1.74. The summed E-state index contributed by atoms with van der Waals surface area (Å²) in [6.07, 6.45) is 7.12. The summed E-state index contributed by atoms with van der Waals surface area (Å²) in [5, 5.41) is 3.84. The first-order valence-corrected chi connectivity index (χ1v) is 7.52. The summed E-state index contributed by atoms with van der Waals surface area (Å²) in [4.78, 5) is 2.79. The first-order chi connectivity index (χ1) is 8.02. The maximum atomic E-state index is 3.84. The summed E-state index contributed by atoms with van der Waals surface area (Å²) in [5.74, 6) is 1.90. The lowest BCUT2D eigenvalue weighted by molar-refractivity contribution is 0.0738. The highest BCUT2D eigenvalue weighted by Gasteiger charge is 2.48. The SMILES string of the molecule is CC1(C2CC2)CN(C(C)(C)C2CC2)CCCN1. The van der Waals surface area contributed by atoms with Crippen molar-refractivity contribution in [3.05, 3.63) is 0 Å². The molecule has 2 heteroatoms. The molecule has 0 amide bonds. The van der Waals surface area contributed by atoms with Gasteiger partial charge in [-0.1, -0.05) is 0 Å². The summed E-state index contributed by atoms with van der Waals surface area (Å²) < 4.78 is 0. The number of rotatable bonds is 3. The van der Waals surface area contributed by atoms with E-state index < -0.39 is 0 Å². The van der Waals surface area contributed by atoms with E-state index >= 15 is 0 Å². The van der Waals surface area contributed by atoms with Crippen LogP contribution >= 0.6 is 0 Å². The molecule has 2 aliphatic carbocycles. The Morgan fingerprint density at radius 3 is 2.47 bits per heavy atom. The topological polar surface area (TPSA) is 15.3 Å². The molecule has 0 aromatic rings. The summed E-state index contributed by atoms with van der Waals surface area (Å²) in [6.45, 7) is 11.2. The van der Waals surface area contributed by atoms with Crippen molar-refractivity contribution in [2.24, 2.45) is 11.8 Å². The molecule has 0 bridgehead atoms. The van der Waals surface area contributed by atoms with E-state index in [0.29, 0.717) is 11.1 Å². The van der Waals surface area contributed by atoms with Crippen LogP contribution in [0.15, 0.2) is 0 Å². The molecule has 1 aliphatic heterocycles. The van der Waals surface area contributed by atoms with Gasteiger partial charge in [-0.2, -0.15) is 0 Å². The average molecular weight is 236 g/mol. The normalized spacial score (nSPS) is 36.9. The molecule has 0 aromatic heterocycles. The van der Waals surface area contributed by atoms with Gasteiger partial charge in [0.2, 0.25) is 0 Å². The first-order valence-electron chi connectivity index (χ1n) is 7.52. The quantitative estimate of drug-likeness (QED) is 0.810. The van der Waals surface area contributed by atoms with Gasteiger partial charge in [-0.3, -0.25) is 4.90 Å². The van der Waals surface area contributed by atoms with E-state index in [1.165, 1.54) is 51.7 Å². The molecule has 1 atom stereocenters. The van der Waals surface area contributed by atoms with Gasteiger partial charge >= 0.3 is 0 Å². The number of nitrogens with zero attached hydrogens (tertiary/aromatic N) is 1. The van der Waals surface area contributed by atoms with Gasteiger partial charge in [0.25, 0.3) is 0 Å². The van der Waals surface area contributed by atoms with Gasteiger partial charge in [-0.05, 0) is 77.8 Å². The third-order valence-electron chi connectivity index (χ3n) is 5.52. The predicted molar refractivity (Wildman–Crippen MR) is 72.1 cm³/mol. The Hall–Kier alpha value is -0.0800. The molecule has 0 radical (unpaired) electrons. The van der Waals surface area contributed by atoms with Gasteiger partial charge in [0.05, 0.1) is 0 Å². The average Bonchev–Trinajstić information content (AvgIpc) is 3.11. The third kappa shape index (κ3) is 2.26. The molecule has 3 fully saturated rings. The summed E-state index contributed by atoms with van der Waals surface area (Å²) in [5.41, 5.74) is 0.824. The minimum absolute atomic E-state index is 0.392. The van der Waals surface area contributed by atoms with Crippen LogP contribution in [0.2, 0.25) is 0 Å². The second kappa shape index (κ2) is 3.96. The molecule has 2 saturated carbocycles.